The van der Waals surface area contributed by atoms with E-state index in [0.717, 1.165) is 0 Å². The zero-order valence-electron chi connectivity index (χ0n) is 10.8. The number of nitrogens with one attached hydrogen (secondary N) is 4. The summed E-state index contributed by atoms with van der Waals surface area (Å²) in [4.78, 5) is 32.8. The Morgan fingerprint density at radius 2 is 2.14 bits per heavy atom. The zero-order valence-corrected chi connectivity index (χ0v) is 11.6. The highest BCUT2D eigenvalue weighted by molar-refractivity contribution is 8.00. The second-order valence-corrected chi connectivity index (χ2v) is 5.20. The van der Waals surface area contributed by atoms with Crippen LogP contribution in [-0.2, 0) is 9.59 Å². The van der Waals surface area contributed by atoms with Gasteiger partial charge in [0.15, 0.2) is 0 Å². The predicted molar refractivity (Wildman–Crippen MR) is 77.3 cm³/mol. The molecule has 1 aliphatic heterocycles. The highest BCUT2D eigenvalue weighted by atomic mass is 32.2. The summed E-state index contributed by atoms with van der Waals surface area (Å²) in [6.45, 7) is 0.187. The molecule has 0 spiro atoms. The van der Waals surface area contributed by atoms with Crippen molar-refractivity contribution in [2.75, 3.05) is 17.6 Å². The van der Waals surface area contributed by atoms with E-state index in [4.69, 9.17) is 0 Å². The van der Waals surface area contributed by atoms with Crippen LogP contribution >= 0.6 is 11.8 Å². The molecule has 0 aromatic heterocycles. The third-order valence-corrected chi connectivity index (χ3v) is 3.52. The van der Waals surface area contributed by atoms with Gasteiger partial charge in [-0.1, -0.05) is 0 Å². The van der Waals surface area contributed by atoms with Crippen molar-refractivity contribution in [3.05, 3.63) is 34.4 Å². The Labute approximate surface area is 124 Å². The van der Waals surface area contributed by atoms with Crippen molar-refractivity contribution in [1.29, 1.82) is 0 Å². The molecule has 1 aliphatic rings. The van der Waals surface area contributed by atoms with Crippen molar-refractivity contribution >= 4 is 35.0 Å². The van der Waals surface area contributed by atoms with Crippen LogP contribution in [0.5, 0.6) is 0 Å². The smallest absolute Gasteiger partial charge is 0.269 e. The van der Waals surface area contributed by atoms with Gasteiger partial charge in [0, 0.05) is 17.8 Å². The lowest BCUT2D eigenvalue weighted by molar-refractivity contribution is -0.384. The van der Waals surface area contributed by atoms with Crippen LogP contribution in [-0.4, -0.2) is 34.5 Å². The van der Waals surface area contributed by atoms with Crippen LogP contribution < -0.4 is 21.5 Å². The second-order valence-electron chi connectivity index (χ2n) is 4.11. The number of rotatable bonds is 5. The molecule has 1 aromatic rings. The number of nitro groups is 1. The lowest BCUT2D eigenvalue weighted by Gasteiger charge is -2.24. The van der Waals surface area contributed by atoms with Crippen molar-refractivity contribution in [3.8, 4) is 0 Å². The maximum atomic E-state index is 11.7. The number of amides is 2. The van der Waals surface area contributed by atoms with Gasteiger partial charge in [0.2, 0.25) is 11.8 Å². The number of hydrogen-bond acceptors (Lipinski definition) is 7. The molecule has 0 radical (unpaired) electrons. The Kier molecular flexibility index (Phi) is 5.09. The molecule has 1 unspecified atom stereocenters. The number of hydrogen-bond donors (Lipinski definition) is 4. The van der Waals surface area contributed by atoms with E-state index < -0.39 is 4.92 Å². The summed E-state index contributed by atoms with van der Waals surface area (Å²) in [6, 6.07) is 5.55. The molecule has 0 bridgehead atoms. The Hall–Kier alpha value is -2.17. The van der Waals surface area contributed by atoms with Crippen LogP contribution in [0.25, 0.3) is 0 Å². The molecule has 1 heterocycles. The van der Waals surface area contributed by atoms with E-state index in [1.807, 2.05) is 0 Å². The summed E-state index contributed by atoms with van der Waals surface area (Å²) in [6.07, 6.45) is 0. The third-order valence-electron chi connectivity index (χ3n) is 2.52. The minimum atomic E-state index is -0.508. The van der Waals surface area contributed by atoms with Gasteiger partial charge >= 0.3 is 0 Å². The lowest BCUT2D eigenvalue weighted by atomic mass is 10.3. The van der Waals surface area contributed by atoms with Gasteiger partial charge < -0.3 is 10.6 Å². The van der Waals surface area contributed by atoms with E-state index in [9.17, 15) is 19.7 Å². The van der Waals surface area contributed by atoms with Crippen molar-refractivity contribution in [3.63, 3.8) is 0 Å². The SMILES string of the molecule is O=C(CSC1NNCC(=O)N1)Nc1ccc([N+](=O)[O-])cc1. The lowest BCUT2D eigenvalue weighted by Crippen LogP contribution is -2.58. The molecule has 4 N–H and O–H groups in total. The normalized spacial score (nSPS) is 17.9. The van der Waals surface area contributed by atoms with Gasteiger partial charge in [-0.25, -0.2) is 10.9 Å². The Morgan fingerprint density at radius 3 is 2.76 bits per heavy atom. The number of carbonyl (C=O) groups excluding carboxylic acids is 2. The van der Waals surface area contributed by atoms with Crippen molar-refractivity contribution in [2.45, 2.75) is 5.50 Å². The maximum absolute atomic E-state index is 11.7. The van der Waals surface area contributed by atoms with Gasteiger partial charge in [-0.3, -0.25) is 19.7 Å². The fourth-order valence-electron chi connectivity index (χ4n) is 1.56. The predicted octanol–water partition coefficient (Wildman–Crippen LogP) is -0.226. The molecule has 1 aromatic carbocycles. The first-order valence-corrected chi connectivity index (χ1v) is 7.03. The Morgan fingerprint density at radius 1 is 1.43 bits per heavy atom. The molecule has 1 saturated heterocycles. The molecule has 10 heteroatoms. The average molecular weight is 311 g/mol. The van der Waals surface area contributed by atoms with Crippen molar-refractivity contribution < 1.29 is 14.5 Å². The molecule has 1 fully saturated rings. The largest absolute Gasteiger partial charge is 0.330 e. The van der Waals surface area contributed by atoms with Gasteiger partial charge in [-0.05, 0) is 12.1 Å². The van der Waals surface area contributed by atoms with Crippen molar-refractivity contribution in [2.24, 2.45) is 0 Å². The standard InChI is InChI=1S/C11H13N5O4S/c17-9-5-12-15-11(14-9)21-6-10(18)13-7-1-3-8(4-2-7)16(19)20/h1-4,11-12,15H,5-6H2,(H,13,18)(H,14,17). The minimum absolute atomic E-state index is 0.0393. The molecular weight excluding hydrogens is 298 g/mol. The molecule has 9 nitrogen and oxygen atoms in total. The highest BCUT2D eigenvalue weighted by Crippen LogP contribution is 2.16. The van der Waals surface area contributed by atoms with E-state index in [2.05, 4.69) is 21.5 Å². The Balaban J connectivity index is 1.78. The van der Waals surface area contributed by atoms with Crippen LogP contribution in [0.3, 0.4) is 0 Å². The van der Waals surface area contributed by atoms with E-state index in [1.165, 1.54) is 36.0 Å². The van der Waals surface area contributed by atoms with Gasteiger partial charge in [-0.2, -0.15) is 0 Å². The molecule has 0 saturated carbocycles. The molecule has 112 valence electrons. The Bertz CT molecular complexity index is 550. The van der Waals surface area contributed by atoms with Gasteiger partial charge in [0.1, 0.15) is 5.50 Å². The highest BCUT2D eigenvalue weighted by Gasteiger charge is 2.18. The molecule has 2 amide bonds. The summed E-state index contributed by atoms with van der Waals surface area (Å²) in [5.74, 6) is -0.297. The first-order valence-electron chi connectivity index (χ1n) is 5.98. The number of nitrogens with zero attached hydrogens (tertiary/aromatic N) is 1. The van der Waals surface area contributed by atoms with Crippen LogP contribution in [0, 0.1) is 10.1 Å². The molecule has 0 aliphatic carbocycles. The van der Waals surface area contributed by atoms with E-state index in [-0.39, 0.29) is 35.3 Å². The van der Waals surface area contributed by atoms with E-state index >= 15 is 0 Å². The monoisotopic (exact) mass is 311 g/mol. The van der Waals surface area contributed by atoms with Gasteiger partial charge in [0.25, 0.3) is 5.69 Å². The zero-order chi connectivity index (χ0) is 15.2. The number of nitro benzene ring substituents is 1. The summed E-state index contributed by atoms with van der Waals surface area (Å²) in [5, 5.41) is 15.8. The van der Waals surface area contributed by atoms with E-state index in [1.54, 1.807) is 0 Å². The summed E-state index contributed by atoms with van der Waals surface area (Å²) in [5.41, 5.74) is 5.57. The van der Waals surface area contributed by atoms with E-state index in [0.29, 0.717) is 5.69 Å². The number of thioether (sulfide) groups is 1. The molecule has 1 atom stereocenters. The fraction of sp³-hybridized carbons (Fsp3) is 0.273. The first kappa shape index (κ1) is 15.2. The summed E-state index contributed by atoms with van der Waals surface area (Å²) in [7, 11) is 0. The van der Waals surface area contributed by atoms with Crippen LogP contribution in [0.4, 0.5) is 11.4 Å². The van der Waals surface area contributed by atoms with Crippen LogP contribution in [0.15, 0.2) is 24.3 Å². The molecule has 21 heavy (non-hydrogen) atoms. The van der Waals surface area contributed by atoms with Crippen LogP contribution in [0.1, 0.15) is 0 Å². The number of carbonyl (C=O) groups is 2. The molecule has 2 rings (SSSR count). The topological polar surface area (TPSA) is 125 Å². The van der Waals surface area contributed by atoms with Gasteiger partial charge in [0.05, 0.1) is 17.2 Å². The fourth-order valence-corrected chi connectivity index (χ4v) is 2.33. The quantitative estimate of drug-likeness (QED) is 0.437. The third kappa shape index (κ3) is 4.70. The van der Waals surface area contributed by atoms with Crippen LogP contribution in [0.2, 0.25) is 0 Å². The minimum Gasteiger partial charge on any atom is -0.330 e. The number of hydrazine groups is 1. The number of non-ortho nitro benzene ring substituents is 1. The maximum Gasteiger partial charge on any atom is 0.269 e. The first-order chi connectivity index (χ1) is 10.0. The molecular formula is C11H13N5O4S. The average Bonchev–Trinajstić information content (AvgIpc) is 2.46. The summed E-state index contributed by atoms with van der Waals surface area (Å²) < 4.78 is 0. The van der Waals surface area contributed by atoms with Gasteiger partial charge in [-0.15, -0.1) is 11.8 Å². The number of anilines is 1. The summed E-state index contributed by atoms with van der Waals surface area (Å²) >= 11 is 1.21. The van der Waals surface area contributed by atoms with Crippen molar-refractivity contribution in [1.82, 2.24) is 16.2 Å². The second kappa shape index (κ2) is 7.02. The number of benzene rings is 1.